The first-order valence-corrected chi connectivity index (χ1v) is 14.4. The predicted molar refractivity (Wildman–Crippen MR) is 150 cm³/mol. The third-order valence-electron chi connectivity index (χ3n) is 8.15. The number of aliphatic hydroxyl groups excluding tert-OH is 3. The highest BCUT2D eigenvalue weighted by Crippen LogP contribution is 2.38. The maximum Gasteiger partial charge on any atom is 0.0573 e. The van der Waals surface area contributed by atoms with Crippen molar-refractivity contribution in [3.63, 3.8) is 0 Å². The van der Waals surface area contributed by atoms with Gasteiger partial charge < -0.3 is 15.3 Å². The largest absolute Gasteiger partial charge is 0.396 e. The van der Waals surface area contributed by atoms with Crippen LogP contribution in [0.2, 0.25) is 0 Å². The van der Waals surface area contributed by atoms with Crippen molar-refractivity contribution in [1.82, 2.24) is 0 Å². The molecule has 0 bridgehead atoms. The van der Waals surface area contributed by atoms with E-state index in [9.17, 15) is 10.2 Å². The van der Waals surface area contributed by atoms with E-state index < -0.39 is 0 Å². The molecule has 204 valence electrons. The van der Waals surface area contributed by atoms with E-state index in [1.54, 1.807) is 0 Å². The van der Waals surface area contributed by atoms with Gasteiger partial charge in [0, 0.05) is 6.61 Å². The molecule has 0 spiro atoms. The first-order valence-electron chi connectivity index (χ1n) is 14.4. The normalized spacial score (nSPS) is 26.0. The van der Waals surface area contributed by atoms with Gasteiger partial charge in [-0.05, 0) is 91.9 Å². The highest BCUT2D eigenvalue weighted by atomic mass is 16.3. The summed E-state index contributed by atoms with van der Waals surface area (Å²) in [6.45, 7) is 16.1. The van der Waals surface area contributed by atoms with Crippen LogP contribution < -0.4 is 0 Å². The minimum absolute atomic E-state index is 0.00593. The van der Waals surface area contributed by atoms with Gasteiger partial charge in [0.05, 0.1) is 12.2 Å². The van der Waals surface area contributed by atoms with Crippen molar-refractivity contribution < 1.29 is 15.3 Å². The molecule has 0 aromatic heterocycles. The molecule has 3 heteroatoms. The van der Waals surface area contributed by atoms with Gasteiger partial charge in [0.25, 0.3) is 0 Å². The number of hydrogen-bond acceptors (Lipinski definition) is 3. The number of benzene rings is 1. The van der Waals surface area contributed by atoms with Crippen molar-refractivity contribution in [3.8, 4) is 0 Å². The third kappa shape index (κ3) is 13.8. The zero-order valence-electron chi connectivity index (χ0n) is 24.1. The fourth-order valence-corrected chi connectivity index (χ4v) is 5.49. The Morgan fingerprint density at radius 3 is 1.80 bits per heavy atom. The Bertz CT molecular complexity index is 635. The van der Waals surface area contributed by atoms with Crippen LogP contribution in [0, 0.1) is 28.6 Å². The molecule has 35 heavy (non-hydrogen) atoms. The van der Waals surface area contributed by atoms with E-state index >= 15 is 0 Å². The Labute approximate surface area is 217 Å². The molecule has 0 saturated heterocycles. The van der Waals surface area contributed by atoms with Crippen LogP contribution in [0.25, 0.3) is 0 Å². The van der Waals surface area contributed by atoms with Crippen LogP contribution in [-0.4, -0.2) is 34.1 Å². The molecule has 3 unspecified atom stereocenters. The second-order valence-electron chi connectivity index (χ2n) is 13.3. The van der Waals surface area contributed by atoms with E-state index in [1.807, 2.05) is 6.07 Å². The number of aliphatic hydroxyl groups is 3. The van der Waals surface area contributed by atoms with E-state index in [4.69, 9.17) is 5.11 Å². The Kier molecular flexibility index (Phi) is 14.7. The highest BCUT2D eigenvalue weighted by molar-refractivity contribution is 5.14. The second kappa shape index (κ2) is 16.0. The third-order valence-corrected chi connectivity index (χ3v) is 8.15. The van der Waals surface area contributed by atoms with E-state index in [0.29, 0.717) is 29.3 Å². The summed E-state index contributed by atoms with van der Waals surface area (Å²) in [7, 11) is 0. The minimum atomic E-state index is -0.0382. The summed E-state index contributed by atoms with van der Waals surface area (Å²) in [6.07, 6.45) is 12.4. The maximum atomic E-state index is 9.70. The average Bonchev–Trinajstić information content (AvgIpc) is 2.79. The first kappa shape index (κ1) is 32.1. The average molecular weight is 491 g/mol. The zero-order valence-corrected chi connectivity index (χ0v) is 24.1. The van der Waals surface area contributed by atoms with Gasteiger partial charge in [-0.25, -0.2) is 0 Å². The van der Waals surface area contributed by atoms with Crippen molar-refractivity contribution in [1.29, 1.82) is 0 Å². The molecule has 3 rings (SSSR count). The fraction of sp³-hybridized carbons (Fsp3) is 0.812. The number of rotatable bonds is 5. The van der Waals surface area contributed by atoms with Crippen LogP contribution in [0.1, 0.15) is 118 Å². The van der Waals surface area contributed by atoms with Crippen LogP contribution in [-0.2, 0) is 6.42 Å². The summed E-state index contributed by atoms with van der Waals surface area (Å²) in [6, 6.07) is 10.5. The van der Waals surface area contributed by atoms with Crippen molar-refractivity contribution in [2.45, 2.75) is 131 Å². The lowest BCUT2D eigenvalue weighted by Gasteiger charge is -2.37. The lowest BCUT2D eigenvalue weighted by molar-refractivity contribution is 0.0105. The topological polar surface area (TPSA) is 60.7 Å². The van der Waals surface area contributed by atoms with Crippen molar-refractivity contribution in [2.24, 2.45) is 28.6 Å². The molecule has 3 nitrogen and oxygen atoms in total. The van der Waals surface area contributed by atoms with Crippen LogP contribution in [0.4, 0.5) is 0 Å². The maximum absolute atomic E-state index is 9.70. The Balaban J connectivity index is 0.000000264. The zero-order chi connectivity index (χ0) is 26.5. The Morgan fingerprint density at radius 1 is 0.771 bits per heavy atom. The van der Waals surface area contributed by atoms with Crippen LogP contribution in [0.3, 0.4) is 0 Å². The van der Waals surface area contributed by atoms with Crippen LogP contribution in [0.15, 0.2) is 30.3 Å². The molecule has 0 aliphatic heterocycles. The van der Waals surface area contributed by atoms with Crippen molar-refractivity contribution in [3.05, 3.63) is 35.9 Å². The van der Waals surface area contributed by atoms with Gasteiger partial charge >= 0.3 is 0 Å². The van der Waals surface area contributed by atoms with Crippen LogP contribution >= 0.6 is 0 Å². The van der Waals surface area contributed by atoms with E-state index in [1.165, 1.54) is 44.1 Å². The molecule has 2 aliphatic carbocycles. The molecular formula is C32H58O3. The summed E-state index contributed by atoms with van der Waals surface area (Å²) in [5.41, 5.74) is 2.13. The van der Waals surface area contributed by atoms with Gasteiger partial charge in [-0.1, -0.05) is 91.6 Å². The van der Waals surface area contributed by atoms with Gasteiger partial charge in [0.2, 0.25) is 0 Å². The Hall–Kier alpha value is -0.900. The second-order valence-corrected chi connectivity index (χ2v) is 13.3. The van der Waals surface area contributed by atoms with Crippen molar-refractivity contribution in [2.75, 3.05) is 6.61 Å². The molecular weight excluding hydrogens is 432 g/mol. The highest BCUT2D eigenvalue weighted by Gasteiger charge is 2.32. The summed E-state index contributed by atoms with van der Waals surface area (Å²) in [5.74, 6) is 1.98. The summed E-state index contributed by atoms with van der Waals surface area (Å²) in [4.78, 5) is 0. The standard InChI is InChI=1S/C12H18O.2C10H20O/c1-11(9-10-13)7-8-12-5-3-2-4-6-12;1-10(2,3)8-4-6-9(11)7-5-8;1-10(2,3)8-6-4-5-7-9(8)11/h2-6,11,13H,7-10H2,1H3;2*8-9,11H,4-7H2,1-3H3. The van der Waals surface area contributed by atoms with Gasteiger partial charge in [0.15, 0.2) is 0 Å². The number of aryl methyl sites for hydroxylation is 1. The van der Waals surface area contributed by atoms with E-state index in [2.05, 4.69) is 72.7 Å². The molecule has 0 radical (unpaired) electrons. The lowest BCUT2D eigenvalue weighted by atomic mass is 9.71. The molecule has 1 aromatic rings. The van der Waals surface area contributed by atoms with Gasteiger partial charge in [-0.15, -0.1) is 0 Å². The molecule has 3 atom stereocenters. The number of hydrogen-bond donors (Lipinski definition) is 3. The lowest BCUT2D eigenvalue weighted by Crippen LogP contribution is -2.34. The van der Waals surface area contributed by atoms with E-state index in [-0.39, 0.29) is 12.2 Å². The van der Waals surface area contributed by atoms with E-state index in [0.717, 1.165) is 38.0 Å². The van der Waals surface area contributed by atoms with Gasteiger partial charge in [-0.3, -0.25) is 0 Å². The Morgan fingerprint density at radius 2 is 1.34 bits per heavy atom. The quantitative estimate of drug-likeness (QED) is 0.394. The molecule has 2 saturated carbocycles. The molecule has 2 fully saturated rings. The predicted octanol–water partition coefficient (Wildman–Crippen LogP) is 7.80. The van der Waals surface area contributed by atoms with Gasteiger partial charge in [-0.2, -0.15) is 0 Å². The molecule has 3 N–H and O–H groups in total. The first-order chi connectivity index (χ1) is 16.3. The summed E-state index contributed by atoms with van der Waals surface area (Å²) in [5, 5.41) is 27.7. The smallest absolute Gasteiger partial charge is 0.0573 e. The molecule has 1 aromatic carbocycles. The summed E-state index contributed by atoms with van der Waals surface area (Å²) < 4.78 is 0. The molecule has 0 amide bonds. The fourth-order valence-electron chi connectivity index (χ4n) is 5.49. The summed E-state index contributed by atoms with van der Waals surface area (Å²) >= 11 is 0. The SMILES string of the molecule is CC(C)(C)C1CCC(O)CC1.CC(C)(C)C1CCCCC1O.CC(CCO)CCc1ccccc1. The minimum Gasteiger partial charge on any atom is -0.396 e. The van der Waals surface area contributed by atoms with Gasteiger partial charge in [0.1, 0.15) is 0 Å². The molecule has 0 heterocycles. The monoisotopic (exact) mass is 490 g/mol. The van der Waals surface area contributed by atoms with Crippen molar-refractivity contribution >= 4 is 0 Å². The van der Waals surface area contributed by atoms with Crippen LogP contribution in [0.5, 0.6) is 0 Å². The molecule has 2 aliphatic rings.